The third kappa shape index (κ3) is 4.26. The van der Waals surface area contributed by atoms with E-state index in [1.54, 1.807) is 6.21 Å². The Bertz CT molecular complexity index is 1270. The smallest absolute Gasteiger partial charge is 0.257 e. The Morgan fingerprint density at radius 3 is 2.48 bits per heavy atom. The van der Waals surface area contributed by atoms with Crippen molar-refractivity contribution in [2.75, 3.05) is 12.3 Å². The summed E-state index contributed by atoms with van der Waals surface area (Å²) in [5, 5.41) is 7.49. The summed E-state index contributed by atoms with van der Waals surface area (Å²) in [6.07, 6.45) is 2.58. The molecule has 7 heteroatoms. The van der Waals surface area contributed by atoms with Gasteiger partial charge in [-0.2, -0.15) is 9.78 Å². The SMILES string of the molecule is Cc1ccc(/C=N\n2c(N)c(C(=O)NCCC(C)C)c3nc4ccccc4nc32)cc1. The molecule has 2 heterocycles. The molecule has 0 radical (unpaired) electrons. The van der Waals surface area contributed by atoms with Gasteiger partial charge in [0.15, 0.2) is 5.65 Å². The van der Waals surface area contributed by atoms with Crippen molar-refractivity contribution in [1.82, 2.24) is 20.0 Å². The van der Waals surface area contributed by atoms with Crippen LogP contribution in [0.3, 0.4) is 0 Å². The normalized spacial score (nSPS) is 11.7. The summed E-state index contributed by atoms with van der Waals surface area (Å²) in [6, 6.07) is 15.5. The number of amides is 1. The number of hydrogen-bond acceptors (Lipinski definition) is 5. The molecular formula is C24H26N6O. The molecule has 0 saturated heterocycles. The highest BCUT2D eigenvalue weighted by molar-refractivity contribution is 6.10. The first kappa shape index (κ1) is 20.5. The third-order valence-corrected chi connectivity index (χ3v) is 5.11. The monoisotopic (exact) mass is 414 g/mol. The number of nitrogens with two attached hydrogens (primary N) is 1. The van der Waals surface area contributed by atoms with E-state index in [2.05, 4.69) is 24.3 Å². The summed E-state index contributed by atoms with van der Waals surface area (Å²) in [5.41, 5.74) is 11.1. The van der Waals surface area contributed by atoms with Gasteiger partial charge in [0.05, 0.1) is 17.2 Å². The first-order chi connectivity index (χ1) is 14.9. The molecule has 2 aromatic heterocycles. The Morgan fingerprint density at radius 2 is 1.81 bits per heavy atom. The topological polar surface area (TPSA) is 98.2 Å². The molecule has 4 rings (SSSR count). The number of benzene rings is 2. The van der Waals surface area contributed by atoms with Crippen molar-refractivity contribution in [3.63, 3.8) is 0 Å². The van der Waals surface area contributed by atoms with E-state index in [4.69, 9.17) is 15.7 Å². The van der Waals surface area contributed by atoms with Crippen molar-refractivity contribution < 1.29 is 4.79 Å². The molecule has 0 aliphatic heterocycles. The van der Waals surface area contributed by atoms with Gasteiger partial charge in [0.2, 0.25) is 0 Å². The van der Waals surface area contributed by atoms with Crippen LogP contribution >= 0.6 is 0 Å². The van der Waals surface area contributed by atoms with Crippen LogP contribution < -0.4 is 11.1 Å². The van der Waals surface area contributed by atoms with Gasteiger partial charge < -0.3 is 11.1 Å². The third-order valence-electron chi connectivity index (χ3n) is 5.11. The van der Waals surface area contributed by atoms with E-state index < -0.39 is 0 Å². The number of carbonyl (C=O) groups is 1. The molecule has 0 atom stereocenters. The van der Waals surface area contributed by atoms with Gasteiger partial charge in [-0.05, 0) is 37.0 Å². The number of anilines is 1. The molecule has 0 spiro atoms. The molecule has 0 aliphatic carbocycles. The van der Waals surface area contributed by atoms with Crippen molar-refractivity contribution in [3.8, 4) is 0 Å². The second-order valence-electron chi connectivity index (χ2n) is 8.05. The first-order valence-corrected chi connectivity index (χ1v) is 10.4. The summed E-state index contributed by atoms with van der Waals surface area (Å²) >= 11 is 0. The molecule has 1 amide bonds. The van der Waals surface area contributed by atoms with E-state index in [0.29, 0.717) is 40.2 Å². The van der Waals surface area contributed by atoms with Crippen LogP contribution in [0.4, 0.5) is 5.82 Å². The quantitative estimate of drug-likeness (QED) is 0.463. The number of para-hydroxylation sites is 2. The van der Waals surface area contributed by atoms with Crippen molar-refractivity contribution >= 4 is 40.1 Å². The summed E-state index contributed by atoms with van der Waals surface area (Å²) in [5.74, 6) is 0.439. The predicted molar refractivity (Wildman–Crippen MR) is 125 cm³/mol. The van der Waals surface area contributed by atoms with Crippen LogP contribution in [-0.4, -0.2) is 33.3 Å². The Kier molecular flexibility index (Phi) is 5.66. The molecule has 2 aromatic carbocycles. The van der Waals surface area contributed by atoms with Gasteiger partial charge in [-0.1, -0.05) is 55.8 Å². The maximum absolute atomic E-state index is 13.0. The Hall–Kier alpha value is -3.74. The van der Waals surface area contributed by atoms with Crippen LogP contribution in [0.2, 0.25) is 0 Å². The largest absolute Gasteiger partial charge is 0.383 e. The Labute approximate surface area is 181 Å². The van der Waals surface area contributed by atoms with Gasteiger partial charge in [0, 0.05) is 6.54 Å². The number of hydrogen-bond donors (Lipinski definition) is 2. The lowest BCUT2D eigenvalue weighted by Crippen LogP contribution is -2.26. The van der Waals surface area contributed by atoms with Gasteiger partial charge in [-0.3, -0.25) is 4.79 Å². The number of rotatable bonds is 6. The van der Waals surface area contributed by atoms with Crippen molar-refractivity contribution in [2.24, 2.45) is 11.0 Å². The van der Waals surface area contributed by atoms with E-state index in [1.807, 2.05) is 55.5 Å². The van der Waals surface area contributed by atoms with Gasteiger partial charge in [-0.25, -0.2) is 9.97 Å². The zero-order chi connectivity index (χ0) is 22.0. The molecule has 3 N–H and O–H groups in total. The molecule has 158 valence electrons. The van der Waals surface area contributed by atoms with Crippen molar-refractivity contribution in [3.05, 3.63) is 65.2 Å². The van der Waals surface area contributed by atoms with Crippen molar-refractivity contribution in [1.29, 1.82) is 0 Å². The summed E-state index contributed by atoms with van der Waals surface area (Å²) in [6.45, 7) is 6.83. The first-order valence-electron chi connectivity index (χ1n) is 10.4. The zero-order valence-electron chi connectivity index (χ0n) is 18.0. The number of aromatic nitrogens is 3. The lowest BCUT2D eigenvalue weighted by atomic mass is 10.1. The minimum absolute atomic E-state index is 0.218. The fourth-order valence-corrected chi connectivity index (χ4v) is 3.33. The van der Waals surface area contributed by atoms with Crippen LogP contribution in [0.5, 0.6) is 0 Å². The van der Waals surface area contributed by atoms with E-state index in [0.717, 1.165) is 12.0 Å². The fraction of sp³-hybridized carbons (Fsp3) is 0.250. The highest BCUT2D eigenvalue weighted by atomic mass is 16.1. The molecule has 0 saturated carbocycles. The maximum atomic E-state index is 13.0. The van der Waals surface area contributed by atoms with Gasteiger partial charge >= 0.3 is 0 Å². The second-order valence-corrected chi connectivity index (χ2v) is 8.05. The van der Waals surface area contributed by atoms with Gasteiger partial charge in [0.1, 0.15) is 16.9 Å². The predicted octanol–water partition coefficient (Wildman–Crippen LogP) is 4.13. The molecular weight excluding hydrogens is 388 g/mol. The number of aryl methyl sites for hydroxylation is 1. The fourth-order valence-electron chi connectivity index (χ4n) is 3.33. The highest BCUT2D eigenvalue weighted by Gasteiger charge is 2.23. The van der Waals surface area contributed by atoms with E-state index in [1.165, 1.54) is 10.2 Å². The standard InChI is InChI=1S/C24H26N6O/c1-15(2)12-13-26-24(31)20-21-23(29-19-7-5-4-6-18(19)28-21)30(22(20)25)27-14-17-10-8-16(3)9-11-17/h4-11,14-15H,12-13,25H2,1-3H3,(H,26,31)/b27-14-. The second kappa shape index (κ2) is 8.55. The molecule has 7 nitrogen and oxygen atoms in total. The average Bonchev–Trinajstić information content (AvgIpc) is 3.01. The van der Waals surface area contributed by atoms with Crippen LogP contribution in [0.15, 0.2) is 53.6 Å². The number of fused-ring (bicyclic) bond motifs is 2. The van der Waals surface area contributed by atoms with Crippen LogP contribution in [0, 0.1) is 12.8 Å². The average molecular weight is 415 g/mol. The molecule has 0 unspecified atom stereocenters. The van der Waals surface area contributed by atoms with Crippen LogP contribution in [-0.2, 0) is 0 Å². The number of nitrogens with one attached hydrogen (secondary N) is 1. The minimum Gasteiger partial charge on any atom is -0.383 e. The summed E-state index contributed by atoms with van der Waals surface area (Å²) in [7, 11) is 0. The molecule has 0 aliphatic rings. The zero-order valence-corrected chi connectivity index (χ0v) is 18.0. The van der Waals surface area contributed by atoms with E-state index in [-0.39, 0.29) is 11.7 Å². The number of nitrogens with zero attached hydrogens (tertiary/aromatic N) is 4. The molecule has 31 heavy (non-hydrogen) atoms. The van der Waals surface area contributed by atoms with Crippen molar-refractivity contribution in [2.45, 2.75) is 27.2 Å². The lowest BCUT2D eigenvalue weighted by Gasteiger charge is -2.07. The molecule has 0 bridgehead atoms. The minimum atomic E-state index is -0.267. The van der Waals surface area contributed by atoms with E-state index >= 15 is 0 Å². The molecule has 0 fully saturated rings. The maximum Gasteiger partial charge on any atom is 0.257 e. The van der Waals surface area contributed by atoms with Crippen LogP contribution in [0.1, 0.15) is 41.8 Å². The van der Waals surface area contributed by atoms with E-state index in [9.17, 15) is 4.79 Å². The summed E-state index contributed by atoms with van der Waals surface area (Å²) in [4.78, 5) is 22.4. The Morgan fingerprint density at radius 1 is 1.13 bits per heavy atom. The summed E-state index contributed by atoms with van der Waals surface area (Å²) < 4.78 is 1.49. The Balaban J connectivity index is 1.82. The highest BCUT2D eigenvalue weighted by Crippen LogP contribution is 2.27. The lowest BCUT2D eigenvalue weighted by molar-refractivity contribution is 0.0954. The van der Waals surface area contributed by atoms with Crippen LogP contribution in [0.25, 0.3) is 22.2 Å². The molecule has 4 aromatic rings. The number of carbonyl (C=O) groups excluding carboxylic acids is 1. The van der Waals surface area contributed by atoms with Gasteiger partial charge in [-0.15, -0.1) is 0 Å². The number of nitrogen functional groups attached to an aromatic ring is 1. The van der Waals surface area contributed by atoms with Gasteiger partial charge in [0.25, 0.3) is 5.91 Å².